The van der Waals surface area contributed by atoms with Gasteiger partial charge in [0.2, 0.25) is 0 Å². The molecule has 0 aromatic heterocycles. The van der Waals surface area contributed by atoms with Crippen molar-refractivity contribution in [1.82, 2.24) is 4.90 Å². The first-order valence-corrected chi connectivity index (χ1v) is 9.91. The van der Waals surface area contributed by atoms with E-state index < -0.39 is 11.5 Å². The molecule has 1 fully saturated rings. The van der Waals surface area contributed by atoms with Crippen molar-refractivity contribution in [1.29, 1.82) is 0 Å². The Balaban J connectivity index is 1.78. The van der Waals surface area contributed by atoms with Crippen LogP contribution >= 0.6 is 12.2 Å². The van der Waals surface area contributed by atoms with Crippen LogP contribution in [-0.4, -0.2) is 27.2 Å². The number of aliphatic imine (C=N–C) groups is 1. The van der Waals surface area contributed by atoms with Crippen molar-refractivity contribution in [3.8, 4) is 0 Å². The van der Waals surface area contributed by atoms with Crippen LogP contribution in [0.3, 0.4) is 0 Å². The number of carbonyl (C=O) groups is 1. The van der Waals surface area contributed by atoms with E-state index in [1.807, 2.05) is 0 Å². The maximum Gasteiger partial charge on any atom is 0.260 e. The molecule has 4 rings (SSSR count). The van der Waals surface area contributed by atoms with Gasteiger partial charge in [-0.2, -0.15) is 0 Å². The summed E-state index contributed by atoms with van der Waals surface area (Å²) in [5.41, 5.74) is 0.665. The van der Waals surface area contributed by atoms with Crippen molar-refractivity contribution in [3.05, 3.63) is 71.3 Å². The van der Waals surface area contributed by atoms with Gasteiger partial charge < -0.3 is 0 Å². The first-order chi connectivity index (χ1) is 13.5. The predicted molar refractivity (Wildman–Crippen MR) is 109 cm³/mol. The molecule has 1 spiro atoms. The van der Waals surface area contributed by atoms with Crippen molar-refractivity contribution < 1.29 is 13.6 Å². The lowest BCUT2D eigenvalue weighted by molar-refractivity contribution is 0.0692. The highest BCUT2D eigenvalue weighted by molar-refractivity contribution is 7.82. The maximum atomic E-state index is 13.8. The van der Waals surface area contributed by atoms with Gasteiger partial charge in [-0.25, -0.2) is 8.78 Å². The van der Waals surface area contributed by atoms with Gasteiger partial charge >= 0.3 is 0 Å². The Morgan fingerprint density at radius 1 is 0.964 bits per heavy atom. The van der Waals surface area contributed by atoms with Gasteiger partial charge in [0.1, 0.15) is 28.0 Å². The van der Waals surface area contributed by atoms with Gasteiger partial charge in [0.05, 0.1) is 0 Å². The van der Waals surface area contributed by atoms with Crippen LogP contribution < -0.4 is 0 Å². The van der Waals surface area contributed by atoms with Crippen molar-refractivity contribution in [2.45, 2.75) is 44.2 Å². The molecule has 0 bridgehead atoms. The molecular formula is C22H20F2N2OS. The molecule has 2 aliphatic rings. The van der Waals surface area contributed by atoms with Gasteiger partial charge in [0.15, 0.2) is 0 Å². The molecule has 6 heteroatoms. The number of benzene rings is 2. The summed E-state index contributed by atoms with van der Waals surface area (Å²) in [6.07, 6.45) is 5.46. The summed E-state index contributed by atoms with van der Waals surface area (Å²) >= 11 is 5.66. The molecule has 0 N–H and O–H groups in total. The van der Waals surface area contributed by atoms with Crippen molar-refractivity contribution in [2.24, 2.45) is 4.99 Å². The number of hydrogen-bond donors (Lipinski definition) is 0. The molecule has 28 heavy (non-hydrogen) atoms. The van der Waals surface area contributed by atoms with E-state index in [1.165, 1.54) is 36.4 Å². The Kier molecular flexibility index (Phi) is 5.06. The average molecular weight is 398 g/mol. The summed E-state index contributed by atoms with van der Waals surface area (Å²) in [5.74, 6) is -1.07. The van der Waals surface area contributed by atoms with E-state index in [-0.39, 0.29) is 11.7 Å². The Bertz CT molecular complexity index is 947. The molecule has 0 unspecified atom stereocenters. The summed E-state index contributed by atoms with van der Waals surface area (Å²) in [6, 6.07) is 11.6. The number of rotatable bonds is 2. The molecule has 0 atom stereocenters. The van der Waals surface area contributed by atoms with Crippen LogP contribution in [0.15, 0.2) is 53.5 Å². The zero-order chi connectivity index (χ0) is 19.7. The summed E-state index contributed by atoms with van der Waals surface area (Å²) in [7, 11) is 0. The van der Waals surface area contributed by atoms with E-state index in [4.69, 9.17) is 17.2 Å². The van der Waals surface area contributed by atoms with Crippen LogP contribution in [0.1, 0.15) is 54.4 Å². The summed E-state index contributed by atoms with van der Waals surface area (Å²) in [4.78, 5) is 20.2. The molecule has 0 radical (unpaired) electrons. The largest absolute Gasteiger partial charge is 0.271 e. The molecule has 1 amide bonds. The Labute approximate surface area is 168 Å². The average Bonchev–Trinajstić information content (AvgIpc) is 2.82. The Morgan fingerprint density at radius 2 is 1.64 bits per heavy atom. The molecule has 2 aromatic carbocycles. The van der Waals surface area contributed by atoms with E-state index in [2.05, 4.69) is 0 Å². The zero-order valence-corrected chi connectivity index (χ0v) is 16.1. The van der Waals surface area contributed by atoms with Crippen LogP contribution in [0.25, 0.3) is 0 Å². The van der Waals surface area contributed by atoms with E-state index in [0.29, 0.717) is 34.7 Å². The number of hydrogen-bond acceptors (Lipinski definition) is 3. The monoisotopic (exact) mass is 398 g/mol. The van der Waals surface area contributed by atoms with Gasteiger partial charge in [-0.15, -0.1) is 0 Å². The van der Waals surface area contributed by atoms with Gasteiger partial charge in [0.25, 0.3) is 5.91 Å². The van der Waals surface area contributed by atoms with E-state index >= 15 is 0 Å². The normalized spacial score (nSPS) is 18.9. The highest BCUT2D eigenvalue weighted by atomic mass is 32.1. The van der Waals surface area contributed by atoms with Crippen molar-refractivity contribution in [3.63, 3.8) is 0 Å². The zero-order valence-electron chi connectivity index (χ0n) is 15.3. The minimum atomic E-state index is -0.749. The Morgan fingerprint density at radius 3 is 2.29 bits per heavy atom. The van der Waals surface area contributed by atoms with Gasteiger partial charge in [0, 0.05) is 11.1 Å². The number of thiocarbonyl (C=S) groups is 1. The Hall–Kier alpha value is -2.47. The molecule has 0 saturated heterocycles. The lowest BCUT2D eigenvalue weighted by Crippen LogP contribution is -2.49. The summed E-state index contributed by atoms with van der Waals surface area (Å²) in [6.45, 7) is 0. The molecule has 1 heterocycles. The predicted octanol–water partition coefficient (Wildman–Crippen LogP) is 5.29. The molecule has 3 nitrogen and oxygen atoms in total. The second-order valence-electron chi connectivity index (χ2n) is 7.32. The third kappa shape index (κ3) is 3.37. The first kappa shape index (κ1) is 18.9. The highest BCUT2D eigenvalue weighted by Crippen LogP contribution is 2.40. The summed E-state index contributed by atoms with van der Waals surface area (Å²) < 4.78 is 27.1. The van der Waals surface area contributed by atoms with E-state index in [0.717, 1.165) is 25.7 Å². The van der Waals surface area contributed by atoms with Crippen LogP contribution in [0, 0.1) is 11.6 Å². The topological polar surface area (TPSA) is 32.7 Å². The number of nitrogens with zero attached hydrogens (tertiary/aromatic N) is 2. The third-order valence-electron chi connectivity index (χ3n) is 5.44. The standard InChI is InChI=1S/C22H20F2N2OS/c23-17-10-8-15(9-11-17)20(27)26-21(28)19(16-6-5-7-18(24)14-16)25-22(26)12-3-1-2-4-13-22/h5-11,14H,1-4,12-13H2. The molecule has 1 aliphatic carbocycles. The van der Waals surface area contributed by atoms with Crippen molar-refractivity contribution >= 4 is 28.8 Å². The molecule has 1 aliphatic heterocycles. The van der Waals surface area contributed by atoms with Gasteiger partial charge in [-0.05, 0) is 62.1 Å². The van der Waals surface area contributed by atoms with E-state index in [9.17, 15) is 13.6 Å². The molecule has 144 valence electrons. The third-order valence-corrected chi connectivity index (χ3v) is 5.81. The fourth-order valence-corrected chi connectivity index (χ4v) is 4.47. The molecule has 2 aromatic rings. The lowest BCUT2D eigenvalue weighted by Gasteiger charge is -2.35. The SMILES string of the molecule is O=C(c1ccc(F)cc1)N1C(=S)C(c2cccc(F)c2)=NC12CCCCCC2. The fourth-order valence-electron chi connectivity index (χ4n) is 4.06. The minimum absolute atomic E-state index is 0.290. The molecular weight excluding hydrogens is 378 g/mol. The van der Waals surface area contributed by atoms with Gasteiger partial charge in [-0.3, -0.25) is 14.7 Å². The number of halogens is 2. The van der Waals surface area contributed by atoms with E-state index in [1.54, 1.807) is 17.0 Å². The fraction of sp³-hybridized carbons (Fsp3) is 0.318. The second-order valence-corrected chi connectivity index (χ2v) is 7.71. The van der Waals surface area contributed by atoms with Gasteiger partial charge in [-0.1, -0.05) is 37.2 Å². The van der Waals surface area contributed by atoms with Crippen LogP contribution in [0.2, 0.25) is 0 Å². The minimum Gasteiger partial charge on any atom is -0.271 e. The van der Waals surface area contributed by atoms with Crippen LogP contribution in [0.4, 0.5) is 8.78 Å². The first-order valence-electron chi connectivity index (χ1n) is 9.50. The van der Waals surface area contributed by atoms with Crippen LogP contribution in [-0.2, 0) is 0 Å². The summed E-state index contributed by atoms with van der Waals surface area (Å²) in [5, 5.41) is 0. The second kappa shape index (κ2) is 7.51. The highest BCUT2D eigenvalue weighted by Gasteiger charge is 2.48. The van der Waals surface area contributed by atoms with Crippen molar-refractivity contribution in [2.75, 3.05) is 0 Å². The lowest BCUT2D eigenvalue weighted by atomic mass is 9.99. The number of amides is 1. The molecule has 1 saturated carbocycles. The van der Waals surface area contributed by atoms with Crippen LogP contribution in [0.5, 0.6) is 0 Å². The smallest absolute Gasteiger partial charge is 0.260 e. The quantitative estimate of drug-likeness (QED) is 0.644. The number of carbonyl (C=O) groups excluding carboxylic acids is 1. The maximum absolute atomic E-state index is 13.8.